The van der Waals surface area contributed by atoms with Gasteiger partial charge in [-0.05, 0) is 19.3 Å². The fourth-order valence-corrected chi connectivity index (χ4v) is 1.59. The van der Waals surface area contributed by atoms with Crippen molar-refractivity contribution in [2.24, 2.45) is 11.3 Å². The third-order valence-electron chi connectivity index (χ3n) is 2.41. The van der Waals surface area contributed by atoms with E-state index in [9.17, 15) is 4.79 Å². The van der Waals surface area contributed by atoms with Gasteiger partial charge in [0.25, 0.3) is 0 Å². The molecule has 0 aliphatic carbocycles. The van der Waals surface area contributed by atoms with Gasteiger partial charge >= 0.3 is 0 Å². The van der Waals surface area contributed by atoms with Crippen LogP contribution >= 0.6 is 0 Å². The van der Waals surface area contributed by atoms with Crippen molar-refractivity contribution < 1.29 is 21.6 Å². The van der Waals surface area contributed by atoms with Crippen molar-refractivity contribution in [3.63, 3.8) is 0 Å². The number of hydrogen-bond donors (Lipinski definition) is 1. The average Bonchev–Trinajstić information content (AvgIpc) is 1.95. The van der Waals surface area contributed by atoms with E-state index in [1.165, 1.54) is 5.92 Å². The van der Waals surface area contributed by atoms with E-state index in [0.29, 0.717) is 0 Å². The van der Waals surface area contributed by atoms with E-state index >= 15 is 0 Å². The molecule has 1 atom stereocenters. The SMILES string of the molecule is C[C-](C)CC(C(=O)NC(C)C)C(C)(C)C.[Co]. The van der Waals surface area contributed by atoms with Crippen LogP contribution in [-0.2, 0) is 21.6 Å². The fourth-order valence-electron chi connectivity index (χ4n) is 1.59. The molecule has 0 aliphatic heterocycles. The molecule has 0 aliphatic rings. The molecule has 1 radical (unpaired) electrons. The molecule has 0 saturated heterocycles. The van der Waals surface area contributed by atoms with Crippen molar-refractivity contribution in [2.75, 3.05) is 0 Å². The molecule has 0 heterocycles. The van der Waals surface area contributed by atoms with Crippen LogP contribution in [0.25, 0.3) is 0 Å². The minimum atomic E-state index is 0. The van der Waals surface area contributed by atoms with E-state index in [1.54, 1.807) is 0 Å². The molecule has 0 fully saturated rings. The maximum atomic E-state index is 12.0. The van der Waals surface area contributed by atoms with Gasteiger partial charge in [0.2, 0.25) is 5.91 Å². The van der Waals surface area contributed by atoms with Gasteiger partial charge in [-0.1, -0.05) is 20.8 Å². The summed E-state index contributed by atoms with van der Waals surface area (Å²) in [7, 11) is 0. The van der Waals surface area contributed by atoms with Gasteiger partial charge in [0, 0.05) is 28.7 Å². The second-order valence-corrected chi connectivity index (χ2v) is 5.99. The molecule has 1 N–H and O–H groups in total. The largest absolute Gasteiger partial charge is 0.354 e. The number of nitrogens with one attached hydrogen (secondary N) is 1. The first-order valence-electron chi connectivity index (χ1n) is 5.74. The van der Waals surface area contributed by atoms with Crippen LogP contribution in [0.1, 0.15) is 54.9 Å². The summed E-state index contributed by atoms with van der Waals surface area (Å²) in [6, 6.07) is 0.222. The zero-order valence-electron chi connectivity index (χ0n) is 11.6. The van der Waals surface area contributed by atoms with Crippen LogP contribution in [0.15, 0.2) is 0 Å². The third kappa shape index (κ3) is 7.28. The third-order valence-corrected chi connectivity index (χ3v) is 2.41. The number of hydrogen-bond acceptors (Lipinski definition) is 1. The Labute approximate surface area is 111 Å². The monoisotopic (exact) mass is 271 g/mol. The van der Waals surface area contributed by atoms with Crippen LogP contribution < -0.4 is 5.32 Å². The Bertz CT molecular complexity index is 206. The van der Waals surface area contributed by atoms with E-state index in [4.69, 9.17) is 0 Å². The molecule has 0 aromatic heterocycles. The molecule has 3 heteroatoms. The Kier molecular flexibility index (Phi) is 8.41. The Hall–Kier alpha value is -0.0235. The van der Waals surface area contributed by atoms with Gasteiger partial charge < -0.3 is 11.2 Å². The minimum absolute atomic E-state index is 0. The Morgan fingerprint density at radius 2 is 1.69 bits per heavy atom. The second kappa shape index (κ2) is 7.33. The Morgan fingerprint density at radius 1 is 1.25 bits per heavy atom. The van der Waals surface area contributed by atoms with Crippen molar-refractivity contribution in [1.29, 1.82) is 0 Å². The first-order valence-corrected chi connectivity index (χ1v) is 5.74. The molecule has 1 unspecified atom stereocenters. The van der Waals surface area contributed by atoms with Crippen LogP contribution in [-0.4, -0.2) is 11.9 Å². The van der Waals surface area contributed by atoms with Crippen LogP contribution in [0.2, 0.25) is 0 Å². The van der Waals surface area contributed by atoms with E-state index in [-0.39, 0.29) is 40.1 Å². The van der Waals surface area contributed by atoms with Crippen molar-refractivity contribution in [1.82, 2.24) is 5.32 Å². The Morgan fingerprint density at radius 3 is 1.94 bits per heavy atom. The predicted molar refractivity (Wildman–Crippen MR) is 65.4 cm³/mol. The first kappa shape index (κ1) is 18.3. The molecule has 0 aromatic carbocycles. The van der Waals surface area contributed by atoms with Crippen LogP contribution in [0.5, 0.6) is 0 Å². The number of carbonyl (C=O) groups is 1. The summed E-state index contributed by atoms with van der Waals surface area (Å²) in [4.78, 5) is 12.0. The molecule has 0 spiro atoms. The molecule has 16 heavy (non-hydrogen) atoms. The molecular formula is C13H26CoNO-. The van der Waals surface area contributed by atoms with Crippen LogP contribution in [0.4, 0.5) is 0 Å². The summed E-state index contributed by atoms with van der Waals surface area (Å²) in [5.74, 6) is 1.57. The molecule has 0 bridgehead atoms. The van der Waals surface area contributed by atoms with Crippen molar-refractivity contribution >= 4 is 5.91 Å². The van der Waals surface area contributed by atoms with Gasteiger partial charge in [0.15, 0.2) is 0 Å². The number of amides is 1. The maximum absolute atomic E-state index is 12.0. The van der Waals surface area contributed by atoms with E-state index in [0.717, 1.165) is 6.42 Å². The second-order valence-electron chi connectivity index (χ2n) is 5.99. The zero-order chi connectivity index (χ0) is 12.2. The topological polar surface area (TPSA) is 29.1 Å². The molecule has 0 saturated carbocycles. The summed E-state index contributed by atoms with van der Waals surface area (Å²) >= 11 is 0. The van der Waals surface area contributed by atoms with Crippen molar-refractivity contribution in [3.8, 4) is 0 Å². The smallest absolute Gasteiger partial charge is 0.221 e. The Balaban J connectivity index is 0. The van der Waals surface area contributed by atoms with E-state index < -0.39 is 0 Å². The van der Waals surface area contributed by atoms with Crippen molar-refractivity contribution in [2.45, 2.75) is 60.9 Å². The molecule has 0 aromatic rings. The van der Waals surface area contributed by atoms with Gasteiger partial charge in [-0.15, -0.1) is 0 Å². The van der Waals surface area contributed by atoms with Gasteiger partial charge in [-0.2, -0.15) is 20.3 Å². The average molecular weight is 271 g/mol. The summed E-state index contributed by atoms with van der Waals surface area (Å²) in [5.41, 5.74) is 0.0241. The standard InChI is InChI=1S/C13H26NO.Co/c1-9(2)8-11(13(5,6)7)12(15)14-10(3)4;/h10-11H,8H2,1-7H3,(H,14,15);/q-1;. The summed E-state index contributed by atoms with van der Waals surface area (Å²) in [5, 5.41) is 3.00. The molecule has 99 valence electrons. The quantitative estimate of drug-likeness (QED) is 0.782. The summed E-state index contributed by atoms with van der Waals surface area (Å²) < 4.78 is 0. The number of rotatable bonds is 4. The number of carbonyl (C=O) groups excluding carboxylic acids is 1. The predicted octanol–water partition coefficient (Wildman–Crippen LogP) is 3.18. The van der Waals surface area contributed by atoms with Crippen LogP contribution in [0, 0.1) is 17.3 Å². The van der Waals surface area contributed by atoms with Gasteiger partial charge in [-0.25, -0.2) is 0 Å². The fraction of sp³-hybridized carbons (Fsp3) is 0.846. The van der Waals surface area contributed by atoms with Gasteiger partial charge in [-0.3, -0.25) is 4.79 Å². The minimum Gasteiger partial charge on any atom is -0.354 e. The van der Waals surface area contributed by atoms with Crippen molar-refractivity contribution in [3.05, 3.63) is 5.92 Å². The van der Waals surface area contributed by atoms with Crippen LogP contribution in [0.3, 0.4) is 0 Å². The molecule has 0 rings (SSSR count). The molecular weight excluding hydrogens is 245 g/mol. The summed E-state index contributed by atoms with van der Waals surface area (Å²) in [6.45, 7) is 14.5. The first-order chi connectivity index (χ1) is 6.64. The summed E-state index contributed by atoms with van der Waals surface area (Å²) in [6.07, 6.45) is 0.877. The molecule has 1 amide bonds. The molecule has 2 nitrogen and oxygen atoms in total. The van der Waals surface area contributed by atoms with E-state index in [2.05, 4.69) is 39.9 Å². The van der Waals surface area contributed by atoms with E-state index in [1.807, 2.05) is 13.8 Å². The zero-order valence-corrected chi connectivity index (χ0v) is 12.6. The van der Waals surface area contributed by atoms with Gasteiger partial charge in [0.1, 0.15) is 0 Å². The maximum Gasteiger partial charge on any atom is 0.221 e. The normalized spacial score (nSPS) is 13.6. The van der Waals surface area contributed by atoms with Gasteiger partial charge in [0.05, 0.1) is 0 Å².